The van der Waals surface area contributed by atoms with Crippen LogP contribution >= 0.6 is 12.6 Å². The van der Waals surface area contributed by atoms with E-state index in [1.54, 1.807) is 0 Å². The summed E-state index contributed by atoms with van der Waals surface area (Å²) in [7, 11) is 0. The molecule has 0 radical (unpaired) electrons. The monoisotopic (exact) mass is 195 g/mol. The molecule has 1 atom stereocenters. The number of carbonyl (C=O) groups excluding carboxylic acids is 1. The molecule has 0 heterocycles. The molecule has 0 unspecified atom stereocenters. The van der Waals surface area contributed by atoms with E-state index in [9.17, 15) is 4.79 Å². The van der Waals surface area contributed by atoms with Crippen molar-refractivity contribution in [2.45, 2.75) is 23.8 Å². The van der Waals surface area contributed by atoms with E-state index < -0.39 is 0 Å². The zero-order valence-electron chi connectivity index (χ0n) is 7.31. The number of carbonyl (C=O) groups is 1. The SMILES string of the molecule is N[C@H](C=O)CCc1cccc(S)c1. The number of nitrogens with two attached hydrogens (primary N) is 1. The van der Waals surface area contributed by atoms with E-state index in [0.29, 0.717) is 6.42 Å². The molecule has 1 aromatic rings. The lowest BCUT2D eigenvalue weighted by atomic mass is 10.1. The number of benzene rings is 1. The van der Waals surface area contributed by atoms with E-state index in [2.05, 4.69) is 12.6 Å². The fourth-order valence-electron chi connectivity index (χ4n) is 1.11. The Labute approximate surface area is 83.5 Å². The highest BCUT2D eigenvalue weighted by Gasteiger charge is 2.00. The van der Waals surface area contributed by atoms with Crippen LogP contribution in [0.1, 0.15) is 12.0 Å². The average Bonchev–Trinajstić information content (AvgIpc) is 2.14. The standard InChI is InChI=1S/C10H13NOS/c11-9(7-12)5-4-8-2-1-3-10(13)6-8/h1-3,6-7,9,13H,4-5,11H2/t9-/m0/s1. The quantitative estimate of drug-likeness (QED) is 0.564. The molecule has 0 aromatic heterocycles. The van der Waals surface area contributed by atoms with Crippen molar-refractivity contribution in [1.29, 1.82) is 0 Å². The Morgan fingerprint density at radius 1 is 1.54 bits per heavy atom. The molecule has 0 aliphatic heterocycles. The van der Waals surface area contributed by atoms with Gasteiger partial charge in [-0.3, -0.25) is 0 Å². The highest BCUT2D eigenvalue weighted by Crippen LogP contribution is 2.10. The van der Waals surface area contributed by atoms with Gasteiger partial charge >= 0.3 is 0 Å². The zero-order valence-corrected chi connectivity index (χ0v) is 8.21. The van der Waals surface area contributed by atoms with Gasteiger partial charge in [-0.1, -0.05) is 12.1 Å². The fraction of sp³-hybridized carbons (Fsp3) is 0.300. The lowest BCUT2D eigenvalue weighted by molar-refractivity contribution is -0.109. The van der Waals surface area contributed by atoms with Crippen molar-refractivity contribution in [3.8, 4) is 0 Å². The molecular weight excluding hydrogens is 182 g/mol. The maximum Gasteiger partial charge on any atom is 0.136 e. The molecule has 2 N–H and O–H groups in total. The summed E-state index contributed by atoms with van der Waals surface area (Å²) in [4.78, 5) is 11.2. The van der Waals surface area contributed by atoms with Crippen LogP contribution in [-0.2, 0) is 11.2 Å². The normalized spacial score (nSPS) is 12.5. The van der Waals surface area contributed by atoms with Gasteiger partial charge in [-0.2, -0.15) is 0 Å². The first-order valence-electron chi connectivity index (χ1n) is 4.21. The molecule has 3 heteroatoms. The molecule has 0 saturated carbocycles. The summed E-state index contributed by atoms with van der Waals surface area (Å²) in [6.07, 6.45) is 2.31. The lowest BCUT2D eigenvalue weighted by Crippen LogP contribution is -2.21. The zero-order chi connectivity index (χ0) is 9.68. The van der Waals surface area contributed by atoms with E-state index in [0.717, 1.165) is 17.6 Å². The fourth-order valence-corrected chi connectivity index (χ4v) is 1.37. The van der Waals surface area contributed by atoms with Crippen molar-refractivity contribution >= 4 is 18.9 Å². The number of rotatable bonds is 4. The summed E-state index contributed by atoms with van der Waals surface area (Å²) in [6.45, 7) is 0. The van der Waals surface area contributed by atoms with E-state index in [1.807, 2.05) is 24.3 Å². The summed E-state index contributed by atoms with van der Waals surface area (Å²) >= 11 is 4.22. The summed E-state index contributed by atoms with van der Waals surface area (Å²) in [6, 6.07) is 7.53. The van der Waals surface area contributed by atoms with Gasteiger partial charge in [-0.25, -0.2) is 0 Å². The average molecular weight is 195 g/mol. The van der Waals surface area contributed by atoms with Gasteiger partial charge in [0.15, 0.2) is 0 Å². The van der Waals surface area contributed by atoms with E-state index in [4.69, 9.17) is 5.73 Å². The molecule has 1 aromatic carbocycles. The van der Waals surface area contributed by atoms with Gasteiger partial charge in [0.05, 0.1) is 6.04 Å². The summed E-state index contributed by atoms with van der Waals surface area (Å²) in [5.74, 6) is 0. The molecule has 0 fully saturated rings. The Morgan fingerprint density at radius 3 is 2.92 bits per heavy atom. The third-order valence-corrected chi connectivity index (χ3v) is 2.13. The van der Waals surface area contributed by atoms with Gasteiger partial charge in [-0.05, 0) is 30.5 Å². The highest BCUT2D eigenvalue weighted by atomic mass is 32.1. The first-order valence-corrected chi connectivity index (χ1v) is 4.66. The van der Waals surface area contributed by atoms with E-state index in [1.165, 1.54) is 5.56 Å². The van der Waals surface area contributed by atoms with Gasteiger partial charge in [-0.15, -0.1) is 12.6 Å². The van der Waals surface area contributed by atoms with Crippen molar-refractivity contribution < 1.29 is 4.79 Å². The Hall–Kier alpha value is -0.800. The van der Waals surface area contributed by atoms with Crippen LogP contribution in [0.5, 0.6) is 0 Å². The molecular formula is C10H13NOS. The first-order chi connectivity index (χ1) is 6.22. The topological polar surface area (TPSA) is 43.1 Å². The molecule has 13 heavy (non-hydrogen) atoms. The van der Waals surface area contributed by atoms with Crippen molar-refractivity contribution in [3.05, 3.63) is 29.8 Å². The third kappa shape index (κ3) is 3.61. The maximum absolute atomic E-state index is 10.3. The molecule has 0 amide bonds. The summed E-state index contributed by atoms with van der Waals surface area (Å²) in [5.41, 5.74) is 6.64. The van der Waals surface area contributed by atoms with E-state index >= 15 is 0 Å². The number of aryl methyl sites for hydroxylation is 1. The van der Waals surface area contributed by atoms with E-state index in [-0.39, 0.29) is 6.04 Å². The van der Waals surface area contributed by atoms with Gasteiger partial charge in [0.25, 0.3) is 0 Å². The largest absolute Gasteiger partial charge is 0.322 e. The maximum atomic E-state index is 10.3. The summed E-state index contributed by atoms with van der Waals surface area (Å²) in [5, 5.41) is 0. The second kappa shape index (κ2) is 5.04. The molecule has 0 bridgehead atoms. The minimum absolute atomic E-state index is 0.344. The van der Waals surface area contributed by atoms with Gasteiger partial charge in [0.2, 0.25) is 0 Å². The molecule has 0 saturated heterocycles. The molecule has 0 aliphatic rings. The van der Waals surface area contributed by atoms with Gasteiger partial charge < -0.3 is 10.5 Å². The Bertz CT molecular complexity index is 288. The van der Waals surface area contributed by atoms with Crippen molar-refractivity contribution in [2.75, 3.05) is 0 Å². The van der Waals surface area contributed by atoms with Gasteiger partial charge in [0, 0.05) is 4.90 Å². The molecule has 1 rings (SSSR count). The predicted octanol–water partition coefficient (Wildman–Crippen LogP) is 1.43. The first kappa shape index (κ1) is 10.3. The second-order valence-electron chi connectivity index (χ2n) is 3.01. The Balaban J connectivity index is 2.49. The van der Waals surface area contributed by atoms with Crippen LogP contribution < -0.4 is 5.73 Å². The highest BCUT2D eigenvalue weighted by molar-refractivity contribution is 7.80. The second-order valence-corrected chi connectivity index (χ2v) is 3.52. The number of hydrogen-bond acceptors (Lipinski definition) is 3. The van der Waals surface area contributed by atoms with Crippen LogP contribution in [0.4, 0.5) is 0 Å². The van der Waals surface area contributed by atoms with Crippen LogP contribution in [0, 0.1) is 0 Å². The summed E-state index contributed by atoms with van der Waals surface area (Å²) < 4.78 is 0. The number of aldehydes is 1. The predicted molar refractivity (Wildman–Crippen MR) is 56.1 cm³/mol. The van der Waals surface area contributed by atoms with Crippen LogP contribution in [0.2, 0.25) is 0 Å². The van der Waals surface area contributed by atoms with Gasteiger partial charge in [0.1, 0.15) is 6.29 Å². The third-order valence-electron chi connectivity index (χ3n) is 1.85. The van der Waals surface area contributed by atoms with Crippen LogP contribution in [0.15, 0.2) is 29.2 Å². The van der Waals surface area contributed by atoms with Crippen molar-refractivity contribution in [2.24, 2.45) is 5.73 Å². The minimum Gasteiger partial charge on any atom is -0.322 e. The molecule has 70 valence electrons. The van der Waals surface area contributed by atoms with Crippen LogP contribution in [-0.4, -0.2) is 12.3 Å². The lowest BCUT2D eigenvalue weighted by Gasteiger charge is -2.04. The van der Waals surface area contributed by atoms with Crippen LogP contribution in [0.25, 0.3) is 0 Å². The molecule has 2 nitrogen and oxygen atoms in total. The van der Waals surface area contributed by atoms with Crippen molar-refractivity contribution in [1.82, 2.24) is 0 Å². The molecule has 0 spiro atoms. The number of hydrogen-bond donors (Lipinski definition) is 2. The van der Waals surface area contributed by atoms with Crippen LogP contribution in [0.3, 0.4) is 0 Å². The Kier molecular flexibility index (Phi) is 3.99. The molecule has 0 aliphatic carbocycles. The minimum atomic E-state index is -0.344. The van der Waals surface area contributed by atoms with Crippen molar-refractivity contribution in [3.63, 3.8) is 0 Å². The smallest absolute Gasteiger partial charge is 0.136 e. The number of thiol groups is 1. The Morgan fingerprint density at radius 2 is 2.31 bits per heavy atom.